The molecule has 0 unspecified atom stereocenters. The molecule has 0 atom stereocenters. The van der Waals surface area contributed by atoms with Crippen molar-refractivity contribution in [3.05, 3.63) is 46.6 Å². The first-order valence-electron chi connectivity index (χ1n) is 6.93. The van der Waals surface area contributed by atoms with E-state index < -0.39 is 0 Å². The van der Waals surface area contributed by atoms with Crippen LogP contribution in [0.1, 0.15) is 10.4 Å². The van der Waals surface area contributed by atoms with Crippen molar-refractivity contribution in [1.29, 1.82) is 0 Å². The Balaban J connectivity index is 1.66. The first-order valence-corrected chi connectivity index (χ1v) is 6.93. The molecule has 0 saturated carbocycles. The minimum absolute atomic E-state index is 0.101. The summed E-state index contributed by atoms with van der Waals surface area (Å²) in [6.07, 6.45) is 2.81. The molecule has 0 spiro atoms. The molecule has 8 heteroatoms. The summed E-state index contributed by atoms with van der Waals surface area (Å²) < 4.78 is 13.3. The number of aromatic nitrogens is 4. The molecule has 23 heavy (non-hydrogen) atoms. The molecule has 1 aliphatic heterocycles. The predicted molar refractivity (Wildman–Crippen MR) is 79.7 cm³/mol. The summed E-state index contributed by atoms with van der Waals surface area (Å²) in [6.45, 7) is 0.0460. The Morgan fingerprint density at radius 2 is 2.13 bits per heavy atom. The maximum atomic E-state index is 12.4. The van der Waals surface area contributed by atoms with Gasteiger partial charge in [-0.3, -0.25) is 18.8 Å². The molecule has 0 bridgehead atoms. The van der Waals surface area contributed by atoms with Crippen LogP contribution in [0.25, 0.3) is 11.0 Å². The number of ether oxygens (including phenoxy) is 2. The second-order valence-electron chi connectivity index (χ2n) is 5.17. The van der Waals surface area contributed by atoms with E-state index >= 15 is 0 Å². The van der Waals surface area contributed by atoms with Crippen molar-refractivity contribution in [2.24, 2.45) is 7.05 Å². The van der Waals surface area contributed by atoms with E-state index in [-0.39, 0.29) is 24.7 Å². The van der Waals surface area contributed by atoms with E-state index in [0.29, 0.717) is 28.1 Å². The molecule has 0 radical (unpaired) electrons. The zero-order valence-electron chi connectivity index (χ0n) is 12.2. The number of hydrogen-bond donors (Lipinski definition) is 0. The Morgan fingerprint density at radius 3 is 3.00 bits per heavy atom. The van der Waals surface area contributed by atoms with E-state index in [1.54, 1.807) is 25.2 Å². The first kappa shape index (κ1) is 13.5. The summed E-state index contributed by atoms with van der Waals surface area (Å²) in [5.74, 6) is 0.927. The Morgan fingerprint density at radius 1 is 1.30 bits per heavy atom. The van der Waals surface area contributed by atoms with Gasteiger partial charge in [0.1, 0.15) is 11.7 Å². The van der Waals surface area contributed by atoms with E-state index in [2.05, 4.69) is 10.1 Å². The lowest BCUT2D eigenvalue weighted by Crippen LogP contribution is -2.24. The van der Waals surface area contributed by atoms with Crippen molar-refractivity contribution in [2.45, 2.75) is 6.54 Å². The molecule has 3 aromatic rings. The van der Waals surface area contributed by atoms with Gasteiger partial charge in [0.25, 0.3) is 5.56 Å². The van der Waals surface area contributed by atoms with Crippen molar-refractivity contribution in [1.82, 2.24) is 19.3 Å². The Bertz CT molecular complexity index is 989. The molecule has 8 nitrogen and oxygen atoms in total. The van der Waals surface area contributed by atoms with E-state index in [1.165, 1.54) is 21.8 Å². The lowest BCUT2D eigenvalue weighted by Gasteiger charge is -2.05. The number of Topliss-reactive ketones (excluding diaryl/α,β-unsaturated/α-hetero) is 1. The van der Waals surface area contributed by atoms with E-state index in [9.17, 15) is 9.59 Å². The maximum Gasteiger partial charge on any atom is 0.264 e. The predicted octanol–water partition coefficient (Wildman–Crippen LogP) is 0.742. The van der Waals surface area contributed by atoms with E-state index in [4.69, 9.17) is 9.47 Å². The van der Waals surface area contributed by atoms with Gasteiger partial charge in [-0.2, -0.15) is 5.10 Å². The average Bonchev–Trinajstić information content (AvgIpc) is 3.16. The van der Waals surface area contributed by atoms with Gasteiger partial charge in [-0.15, -0.1) is 0 Å². The molecule has 0 fully saturated rings. The number of benzene rings is 1. The second-order valence-corrected chi connectivity index (χ2v) is 5.17. The molecule has 3 heterocycles. The molecule has 0 saturated heterocycles. The second kappa shape index (κ2) is 4.94. The Hall–Kier alpha value is -3.16. The van der Waals surface area contributed by atoms with Crippen LogP contribution < -0.4 is 15.0 Å². The molecular formula is C15H12N4O4. The Kier molecular flexibility index (Phi) is 2.90. The summed E-state index contributed by atoms with van der Waals surface area (Å²) in [5.41, 5.74) is 0.645. The van der Waals surface area contributed by atoms with Crippen molar-refractivity contribution < 1.29 is 14.3 Å². The zero-order valence-corrected chi connectivity index (χ0v) is 12.2. The molecule has 0 aliphatic carbocycles. The van der Waals surface area contributed by atoms with Crippen LogP contribution in [0.2, 0.25) is 0 Å². The number of carbonyl (C=O) groups is 1. The number of carbonyl (C=O) groups excluding carboxylic acids is 1. The third kappa shape index (κ3) is 2.15. The van der Waals surface area contributed by atoms with Gasteiger partial charge in [0.2, 0.25) is 6.79 Å². The van der Waals surface area contributed by atoms with Gasteiger partial charge >= 0.3 is 0 Å². The number of rotatable bonds is 3. The third-order valence-corrected chi connectivity index (χ3v) is 3.73. The summed E-state index contributed by atoms with van der Waals surface area (Å²) in [6, 6.07) is 4.95. The highest BCUT2D eigenvalue weighted by molar-refractivity contribution is 5.96. The van der Waals surface area contributed by atoms with Crippen LogP contribution >= 0.6 is 0 Å². The molecular weight excluding hydrogens is 300 g/mol. The normalized spacial score (nSPS) is 12.7. The SMILES string of the molecule is Cn1ncc2c(=O)n(CC(=O)c3ccc4c(c3)OCO4)cnc21. The fraction of sp³-hybridized carbons (Fsp3) is 0.200. The first-order chi connectivity index (χ1) is 11.1. The van der Waals surface area contributed by atoms with Crippen molar-refractivity contribution >= 4 is 16.8 Å². The fourth-order valence-corrected chi connectivity index (χ4v) is 2.50. The molecule has 0 N–H and O–H groups in total. The standard InChI is InChI=1S/C15H12N4O4/c1-18-14-10(5-17-18)15(21)19(7-16-14)6-11(20)9-2-3-12-13(4-9)23-8-22-12/h2-5,7H,6,8H2,1H3. The molecule has 4 rings (SSSR count). The fourth-order valence-electron chi connectivity index (χ4n) is 2.50. The number of ketones is 1. The smallest absolute Gasteiger partial charge is 0.264 e. The van der Waals surface area contributed by atoms with Crippen LogP contribution in [0.15, 0.2) is 35.5 Å². The quantitative estimate of drug-likeness (QED) is 0.663. The monoisotopic (exact) mass is 312 g/mol. The van der Waals surface area contributed by atoms with Gasteiger partial charge < -0.3 is 9.47 Å². The maximum absolute atomic E-state index is 12.4. The Labute approximate surface area is 129 Å². The summed E-state index contributed by atoms with van der Waals surface area (Å²) in [7, 11) is 1.71. The van der Waals surface area contributed by atoms with Crippen molar-refractivity contribution in [3.8, 4) is 11.5 Å². The summed E-state index contributed by atoms with van der Waals surface area (Å²) in [5, 5.41) is 4.38. The largest absolute Gasteiger partial charge is 0.454 e. The molecule has 1 aromatic carbocycles. The highest BCUT2D eigenvalue weighted by Gasteiger charge is 2.17. The van der Waals surface area contributed by atoms with Crippen LogP contribution in [0, 0.1) is 0 Å². The third-order valence-electron chi connectivity index (χ3n) is 3.73. The number of aryl methyl sites for hydroxylation is 1. The van der Waals surface area contributed by atoms with Crippen LogP contribution in [-0.4, -0.2) is 31.9 Å². The van der Waals surface area contributed by atoms with Gasteiger partial charge in [0, 0.05) is 12.6 Å². The number of nitrogens with zero attached hydrogens (tertiary/aromatic N) is 4. The van der Waals surface area contributed by atoms with Gasteiger partial charge in [-0.25, -0.2) is 4.98 Å². The minimum atomic E-state index is -0.294. The van der Waals surface area contributed by atoms with Gasteiger partial charge in [-0.05, 0) is 18.2 Å². The van der Waals surface area contributed by atoms with Gasteiger partial charge in [-0.1, -0.05) is 0 Å². The van der Waals surface area contributed by atoms with Crippen LogP contribution in [0.5, 0.6) is 11.5 Å². The average molecular weight is 312 g/mol. The van der Waals surface area contributed by atoms with Crippen LogP contribution in [0.3, 0.4) is 0 Å². The van der Waals surface area contributed by atoms with E-state index in [0.717, 1.165) is 0 Å². The lowest BCUT2D eigenvalue weighted by molar-refractivity contribution is 0.0970. The van der Waals surface area contributed by atoms with Gasteiger partial charge in [0.15, 0.2) is 22.9 Å². The van der Waals surface area contributed by atoms with Crippen molar-refractivity contribution in [3.63, 3.8) is 0 Å². The molecule has 116 valence electrons. The van der Waals surface area contributed by atoms with Gasteiger partial charge in [0.05, 0.1) is 12.7 Å². The zero-order chi connectivity index (χ0) is 16.0. The molecule has 1 aliphatic rings. The lowest BCUT2D eigenvalue weighted by atomic mass is 10.1. The van der Waals surface area contributed by atoms with Crippen molar-refractivity contribution in [2.75, 3.05) is 6.79 Å². The molecule has 0 amide bonds. The highest BCUT2D eigenvalue weighted by atomic mass is 16.7. The summed E-state index contributed by atoms with van der Waals surface area (Å²) >= 11 is 0. The number of fused-ring (bicyclic) bond motifs is 2. The summed E-state index contributed by atoms with van der Waals surface area (Å²) in [4.78, 5) is 28.9. The van der Waals surface area contributed by atoms with Crippen LogP contribution in [-0.2, 0) is 13.6 Å². The topological polar surface area (TPSA) is 88.2 Å². The minimum Gasteiger partial charge on any atom is -0.454 e. The van der Waals surface area contributed by atoms with Crippen LogP contribution in [0.4, 0.5) is 0 Å². The highest BCUT2D eigenvalue weighted by Crippen LogP contribution is 2.32. The molecule has 2 aromatic heterocycles. The van der Waals surface area contributed by atoms with E-state index in [1.807, 2.05) is 0 Å². The number of hydrogen-bond acceptors (Lipinski definition) is 6.